The SMILES string of the molecule is Cc1cc(Br)c(NCC2CC3C=CC2C3)cc1[N+](=O)[O-]. The second-order valence-corrected chi connectivity index (χ2v) is 6.65. The molecule has 0 saturated heterocycles. The van der Waals surface area contributed by atoms with Crippen LogP contribution >= 0.6 is 15.9 Å². The van der Waals surface area contributed by atoms with Crippen LogP contribution in [0.15, 0.2) is 28.8 Å². The minimum Gasteiger partial charge on any atom is -0.384 e. The van der Waals surface area contributed by atoms with Gasteiger partial charge in [-0.05, 0) is 59.5 Å². The van der Waals surface area contributed by atoms with E-state index >= 15 is 0 Å². The van der Waals surface area contributed by atoms with Gasteiger partial charge >= 0.3 is 0 Å². The Bertz CT molecular complexity index is 585. The third-order valence-electron chi connectivity index (χ3n) is 4.45. The van der Waals surface area contributed by atoms with E-state index in [4.69, 9.17) is 0 Å². The minimum absolute atomic E-state index is 0.170. The fourth-order valence-electron chi connectivity index (χ4n) is 3.36. The van der Waals surface area contributed by atoms with E-state index in [1.807, 2.05) is 0 Å². The average Bonchev–Trinajstić information content (AvgIpc) is 2.99. The van der Waals surface area contributed by atoms with Gasteiger partial charge in [0.2, 0.25) is 0 Å². The second kappa shape index (κ2) is 5.20. The molecule has 3 rings (SSSR count). The van der Waals surface area contributed by atoms with Gasteiger partial charge in [0.05, 0.1) is 10.6 Å². The van der Waals surface area contributed by atoms with Crippen LogP contribution in [-0.2, 0) is 0 Å². The summed E-state index contributed by atoms with van der Waals surface area (Å²) < 4.78 is 0.888. The van der Waals surface area contributed by atoms with Crippen LogP contribution in [0.5, 0.6) is 0 Å². The number of nitro groups is 1. The first-order valence-corrected chi connectivity index (χ1v) is 7.70. The minimum atomic E-state index is -0.326. The summed E-state index contributed by atoms with van der Waals surface area (Å²) in [5.41, 5.74) is 1.66. The van der Waals surface area contributed by atoms with Crippen LogP contribution in [0.25, 0.3) is 0 Å². The topological polar surface area (TPSA) is 55.2 Å². The molecule has 1 aromatic carbocycles. The quantitative estimate of drug-likeness (QED) is 0.507. The third kappa shape index (κ3) is 2.46. The van der Waals surface area contributed by atoms with E-state index in [-0.39, 0.29) is 10.6 Å². The van der Waals surface area contributed by atoms with Crippen molar-refractivity contribution in [2.24, 2.45) is 17.8 Å². The molecule has 3 unspecified atom stereocenters. The summed E-state index contributed by atoms with van der Waals surface area (Å²) >= 11 is 3.48. The molecule has 2 aliphatic rings. The number of nitro benzene ring substituents is 1. The number of rotatable bonds is 4. The van der Waals surface area contributed by atoms with Gasteiger partial charge in [-0.25, -0.2) is 0 Å². The number of halogens is 1. The molecule has 0 aromatic heterocycles. The fraction of sp³-hybridized carbons (Fsp3) is 0.467. The van der Waals surface area contributed by atoms with Gasteiger partial charge in [-0.1, -0.05) is 12.2 Å². The number of allylic oxidation sites excluding steroid dienone is 2. The van der Waals surface area contributed by atoms with Crippen molar-refractivity contribution in [2.75, 3.05) is 11.9 Å². The van der Waals surface area contributed by atoms with E-state index in [1.165, 1.54) is 12.8 Å². The molecule has 1 saturated carbocycles. The molecule has 1 fully saturated rings. The molecule has 1 aromatic rings. The van der Waals surface area contributed by atoms with Gasteiger partial charge in [0, 0.05) is 22.6 Å². The maximum absolute atomic E-state index is 11.0. The summed E-state index contributed by atoms with van der Waals surface area (Å²) in [6, 6.07) is 3.43. The van der Waals surface area contributed by atoms with Crippen LogP contribution in [-0.4, -0.2) is 11.5 Å². The lowest BCUT2D eigenvalue weighted by Crippen LogP contribution is -2.18. The van der Waals surface area contributed by atoms with Gasteiger partial charge in [0.1, 0.15) is 0 Å². The molecule has 5 heteroatoms. The Morgan fingerprint density at radius 3 is 2.80 bits per heavy atom. The van der Waals surface area contributed by atoms with Crippen LogP contribution in [0.4, 0.5) is 11.4 Å². The first-order valence-electron chi connectivity index (χ1n) is 6.91. The summed E-state index contributed by atoms with van der Waals surface area (Å²) in [6.45, 7) is 2.64. The number of benzene rings is 1. The molecule has 2 aliphatic carbocycles. The number of hydrogen-bond acceptors (Lipinski definition) is 3. The van der Waals surface area contributed by atoms with Crippen LogP contribution < -0.4 is 5.32 Å². The first kappa shape index (κ1) is 13.6. The summed E-state index contributed by atoms with van der Waals surface area (Å²) in [7, 11) is 0. The molecule has 106 valence electrons. The molecule has 0 aliphatic heterocycles. The lowest BCUT2D eigenvalue weighted by atomic mass is 9.93. The van der Waals surface area contributed by atoms with Crippen molar-refractivity contribution in [3.8, 4) is 0 Å². The van der Waals surface area contributed by atoms with Crippen molar-refractivity contribution in [1.82, 2.24) is 0 Å². The van der Waals surface area contributed by atoms with Crippen molar-refractivity contribution in [2.45, 2.75) is 19.8 Å². The fourth-order valence-corrected chi connectivity index (χ4v) is 3.96. The number of aryl methyl sites for hydroxylation is 1. The summed E-state index contributed by atoms with van der Waals surface area (Å²) in [6.07, 6.45) is 7.17. The van der Waals surface area contributed by atoms with Gasteiger partial charge in [0.15, 0.2) is 0 Å². The molecule has 4 nitrogen and oxygen atoms in total. The van der Waals surface area contributed by atoms with Gasteiger partial charge in [-0.15, -0.1) is 0 Å². The predicted octanol–water partition coefficient (Wildman–Crippen LogP) is 4.29. The largest absolute Gasteiger partial charge is 0.384 e. The zero-order chi connectivity index (χ0) is 14.3. The maximum atomic E-state index is 11.0. The van der Waals surface area contributed by atoms with Crippen LogP contribution in [0.3, 0.4) is 0 Å². The Morgan fingerprint density at radius 2 is 2.20 bits per heavy atom. The third-order valence-corrected chi connectivity index (χ3v) is 5.11. The monoisotopic (exact) mass is 336 g/mol. The van der Waals surface area contributed by atoms with Crippen molar-refractivity contribution in [3.05, 3.63) is 44.4 Å². The Kier molecular flexibility index (Phi) is 3.54. The highest BCUT2D eigenvalue weighted by Gasteiger charge is 2.35. The van der Waals surface area contributed by atoms with Gasteiger partial charge in [-0.3, -0.25) is 10.1 Å². The van der Waals surface area contributed by atoms with Gasteiger partial charge in [-0.2, -0.15) is 0 Å². The van der Waals surface area contributed by atoms with Crippen LogP contribution in [0, 0.1) is 34.8 Å². The number of nitrogens with zero attached hydrogens (tertiary/aromatic N) is 1. The molecule has 0 heterocycles. The van der Waals surface area contributed by atoms with E-state index in [1.54, 1.807) is 19.1 Å². The smallest absolute Gasteiger partial charge is 0.274 e. The maximum Gasteiger partial charge on any atom is 0.274 e. The summed E-state index contributed by atoms with van der Waals surface area (Å²) in [4.78, 5) is 10.7. The van der Waals surface area contributed by atoms with E-state index < -0.39 is 0 Å². The molecule has 0 radical (unpaired) electrons. The molecular formula is C15H17BrN2O2. The Morgan fingerprint density at radius 1 is 1.40 bits per heavy atom. The van der Waals surface area contributed by atoms with Gasteiger partial charge < -0.3 is 5.32 Å². The van der Waals surface area contributed by atoms with Crippen molar-refractivity contribution >= 4 is 27.3 Å². The summed E-state index contributed by atoms with van der Waals surface area (Å²) in [5.74, 6) is 2.09. The highest BCUT2D eigenvalue weighted by Crippen LogP contribution is 2.43. The number of fused-ring (bicyclic) bond motifs is 2. The second-order valence-electron chi connectivity index (χ2n) is 5.80. The van der Waals surface area contributed by atoms with Crippen LogP contribution in [0.2, 0.25) is 0 Å². The molecular weight excluding hydrogens is 320 g/mol. The first-order chi connectivity index (χ1) is 9.54. The zero-order valence-corrected chi connectivity index (χ0v) is 12.9. The number of anilines is 1. The lowest BCUT2D eigenvalue weighted by molar-refractivity contribution is -0.385. The van der Waals surface area contributed by atoms with E-state index in [0.29, 0.717) is 17.4 Å². The lowest BCUT2D eigenvalue weighted by Gasteiger charge is -2.19. The number of nitrogens with one attached hydrogen (secondary N) is 1. The highest BCUT2D eigenvalue weighted by atomic mass is 79.9. The Hall–Kier alpha value is -1.36. The van der Waals surface area contributed by atoms with Crippen molar-refractivity contribution in [1.29, 1.82) is 0 Å². The predicted molar refractivity (Wildman–Crippen MR) is 82.9 cm³/mol. The zero-order valence-electron chi connectivity index (χ0n) is 11.3. The molecule has 3 atom stereocenters. The van der Waals surface area contributed by atoms with E-state index in [2.05, 4.69) is 33.4 Å². The molecule has 20 heavy (non-hydrogen) atoms. The normalized spacial score (nSPS) is 27.0. The highest BCUT2D eigenvalue weighted by molar-refractivity contribution is 9.10. The van der Waals surface area contributed by atoms with Gasteiger partial charge in [0.25, 0.3) is 5.69 Å². The Balaban J connectivity index is 1.72. The molecule has 0 amide bonds. The van der Waals surface area contributed by atoms with Crippen LogP contribution in [0.1, 0.15) is 18.4 Å². The standard InChI is InChI=1S/C15H17BrN2O2/c1-9-4-13(16)14(7-15(9)18(19)20)17-8-12-6-10-2-3-11(12)5-10/h2-4,7,10-12,17H,5-6,8H2,1H3. The molecule has 2 bridgehead atoms. The molecule has 1 N–H and O–H groups in total. The molecule has 0 spiro atoms. The average molecular weight is 337 g/mol. The Labute approximate surface area is 126 Å². The summed E-state index contributed by atoms with van der Waals surface area (Å²) in [5, 5.41) is 14.4. The van der Waals surface area contributed by atoms with Crippen molar-refractivity contribution < 1.29 is 4.92 Å². The van der Waals surface area contributed by atoms with Crippen molar-refractivity contribution in [3.63, 3.8) is 0 Å². The van der Waals surface area contributed by atoms with E-state index in [0.717, 1.165) is 22.6 Å². The van der Waals surface area contributed by atoms with E-state index in [9.17, 15) is 10.1 Å². The number of hydrogen-bond donors (Lipinski definition) is 1.